The average molecular weight is 209 g/mol. The Balaban J connectivity index is 2.50. The number of amides is 1. The van der Waals surface area contributed by atoms with Crippen LogP contribution in [0.3, 0.4) is 0 Å². The number of carboxylic acid groups (broad SMARTS) is 1. The van der Waals surface area contributed by atoms with Gasteiger partial charge in [-0.25, -0.2) is 4.79 Å². The number of carbonyl (C=O) groups is 2. The van der Waals surface area contributed by atoms with Crippen LogP contribution in [0.2, 0.25) is 0 Å². The molecule has 1 atom stereocenters. The molecule has 1 rings (SSSR count). The van der Waals surface area contributed by atoms with Gasteiger partial charge in [-0.3, -0.25) is 4.79 Å². The second-order valence-electron chi connectivity index (χ2n) is 3.94. The molecule has 0 saturated carbocycles. The maximum Gasteiger partial charge on any atom is 0.328 e. The first-order valence-corrected chi connectivity index (χ1v) is 4.90. The smallest absolute Gasteiger partial charge is 0.328 e. The normalized spacial score (nSPS) is 25.4. The summed E-state index contributed by atoms with van der Waals surface area (Å²) in [5, 5.41) is 11.2. The summed E-state index contributed by atoms with van der Waals surface area (Å²) < 4.78 is 0. The molecule has 1 aliphatic rings. The Hall–Kier alpha value is -1.58. The van der Waals surface area contributed by atoms with Gasteiger partial charge < -0.3 is 10.4 Å². The van der Waals surface area contributed by atoms with Crippen molar-refractivity contribution < 1.29 is 14.7 Å². The summed E-state index contributed by atoms with van der Waals surface area (Å²) in [6.45, 7) is 1.96. The van der Waals surface area contributed by atoms with Crippen molar-refractivity contribution in [1.29, 1.82) is 0 Å². The van der Waals surface area contributed by atoms with Crippen molar-refractivity contribution in [1.82, 2.24) is 5.32 Å². The van der Waals surface area contributed by atoms with Crippen molar-refractivity contribution in [3.05, 3.63) is 24.3 Å². The Kier molecular flexibility index (Phi) is 3.66. The van der Waals surface area contributed by atoms with Gasteiger partial charge in [0, 0.05) is 17.7 Å². The first kappa shape index (κ1) is 11.5. The zero-order chi connectivity index (χ0) is 11.3. The quantitative estimate of drug-likeness (QED) is 0.543. The third-order valence-electron chi connectivity index (χ3n) is 2.40. The Labute approximate surface area is 88.7 Å². The number of carboxylic acids is 1. The zero-order valence-corrected chi connectivity index (χ0v) is 8.69. The second kappa shape index (κ2) is 4.77. The van der Waals surface area contributed by atoms with Crippen LogP contribution in [0.4, 0.5) is 0 Å². The van der Waals surface area contributed by atoms with E-state index in [9.17, 15) is 9.59 Å². The van der Waals surface area contributed by atoms with Gasteiger partial charge in [-0.2, -0.15) is 0 Å². The van der Waals surface area contributed by atoms with E-state index in [-0.39, 0.29) is 11.4 Å². The average Bonchev–Trinajstić information content (AvgIpc) is 2.15. The Bertz CT molecular complexity index is 320. The van der Waals surface area contributed by atoms with Gasteiger partial charge in [0.25, 0.3) is 0 Å². The molecular formula is C11H15NO3. The summed E-state index contributed by atoms with van der Waals surface area (Å²) in [5.74, 6) is -1.46. The predicted molar refractivity (Wildman–Crippen MR) is 56.3 cm³/mol. The van der Waals surface area contributed by atoms with Crippen molar-refractivity contribution in [3.8, 4) is 0 Å². The van der Waals surface area contributed by atoms with E-state index in [0.717, 1.165) is 31.4 Å². The van der Waals surface area contributed by atoms with E-state index >= 15 is 0 Å². The van der Waals surface area contributed by atoms with Crippen LogP contribution in [0.25, 0.3) is 0 Å². The van der Waals surface area contributed by atoms with E-state index in [1.807, 2.05) is 13.0 Å². The number of allylic oxidation sites excluding steroid dienone is 1. The van der Waals surface area contributed by atoms with E-state index in [0.29, 0.717) is 0 Å². The fraction of sp³-hybridized carbons (Fsp3) is 0.455. The maximum absolute atomic E-state index is 11.3. The Morgan fingerprint density at radius 2 is 2.13 bits per heavy atom. The van der Waals surface area contributed by atoms with Crippen LogP contribution in [-0.4, -0.2) is 22.5 Å². The molecule has 0 bridgehead atoms. The molecule has 82 valence electrons. The van der Waals surface area contributed by atoms with E-state index in [1.165, 1.54) is 0 Å². The third kappa shape index (κ3) is 3.97. The number of rotatable bonds is 3. The van der Waals surface area contributed by atoms with Crippen molar-refractivity contribution in [3.63, 3.8) is 0 Å². The highest BCUT2D eigenvalue weighted by atomic mass is 16.4. The molecule has 0 spiro atoms. The summed E-state index contributed by atoms with van der Waals surface area (Å²) >= 11 is 0. The minimum absolute atomic E-state index is 0.241. The van der Waals surface area contributed by atoms with Gasteiger partial charge in [0.1, 0.15) is 0 Å². The molecule has 0 saturated heterocycles. The van der Waals surface area contributed by atoms with E-state index in [4.69, 9.17) is 5.11 Å². The van der Waals surface area contributed by atoms with Crippen LogP contribution in [0, 0.1) is 0 Å². The van der Waals surface area contributed by atoms with Gasteiger partial charge >= 0.3 is 5.97 Å². The summed E-state index contributed by atoms with van der Waals surface area (Å²) in [5.41, 5.74) is -0.241. The predicted octanol–water partition coefficient (Wildman–Crippen LogP) is 1.24. The third-order valence-corrected chi connectivity index (χ3v) is 2.40. The summed E-state index contributed by atoms with van der Waals surface area (Å²) in [4.78, 5) is 21.5. The van der Waals surface area contributed by atoms with Crippen LogP contribution in [-0.2, 0) is 9.59 Å². The molecule has 0 heterocycles. The molecule has 4 nitrogen and oxygen atoms in total. The molecule has 2 N–H and O–H groups in total. The lowest BCUT2D eigenvalue weighted by molar-refractivity contribution is -0.131. The molecule has 0 aromatic rings. The number of hydrogen-bond acceptors (Lipinski definition) is 2. The molecule has 0 aromatic carbocycles. The topological polar surface area (TPSA) is 66.4 Å². The number of hydrogen-bond donors (Lipinski definition) is 2. The molecule has 1 amide bonds. The van der Waals surface area contributed by atoms with Gasteiger partial charge in [0.2, 0.25) is 5.91 Å². The highest BCUT2D eigenvalue weighted by Gasteiger charge is 2.25. The Morgan fingerprint density at radius 1 is 1.40 bits per heavy atom. The number of aliphatic carboxylic acids is 1. The van der Waals surface area contributed by atoms with Crippen LogP contribution >= 0.6 is 0 Å². The SMILES string of the molecule is CC1(NC(=O)/C=C/C(=O)O)CC=CCC1. The molecule has 4 heteroatoms. The van der Waals surface area contributed by atoms with Gasteiger partial charge in [-0.15, -0.1) is 0 Å². The van der Waals surface area contributed by atoms with Crippen LogP contribution in [0.5, 0.6) is 0 Å². The zero-order valence-electron chi connectivity index (χ0n) is 8.69. The fourth-order valence-electron chi connectivity index (χ4n) is 1.56. The van der Waals surface area contributed by atoms with Crippen molar-refractivity contribution >= 4 is 11.9 Å². The van der Waals surface area contributed by atoms with E-state index < -0.39 is 5.97 Å². The van der Waals surface area contributed by atoms with Crippen LogP contribution in [0.1, 0.15) is 26.2 Å². The fourth-order valence-corrected chi connectivity index (χ4v) is 1.56. The number of nitrogens with one attached hydrogen (secondary N) is 1. The first-order chi connectivity index (χ1) is 7.02. The van der Waals surface area contributed by atoms with Gasteiger partial charge in [0.15, 0.2) is 0 Å². The largest absolute Gasteiger partial charge is 0.478 e. The van der Waals surface area contributed by atoms with Crippen LogP contribution < -0.4 is 5.32 Å². The van der Waals surface area contributed by atoms with E-state index in [2.05, 4.69) is 11.4 Å². The molecule has 0 fully saturated rings. The molecule has 1 aliphatic carbocycles. The standard InChI is InChI=1S/C11H15NO3/c1-11(7-3-2-4-8-11)12-9(13)5-6-10(14)15/h2-3,5-6H,4,7-8H2,1H3,(H,12,13)(H,14,15)/b6-5+. The molecule has 15 heavy (non-hydrogen) atoms. The van der Waals surface area contributed by atoms with Crippen molar-refractivity contribution in [2.24, 2.45) is 0 Å². The summed E-state index contributed by atoms with van der Waals surface area (Å²) in [6, 6.07) is 0. The molecule has 1 unspecified atom stereocenters. The first-order valence-electron chi connectivity index (χ1n) is 4.90. The van der Waals surface area contributed by atoms with Crippen LogP contribution in [0.15, 0.2) is 24.3 Å². The van der Waals surface area contributed by atoms with E-state index in [1.54, 1.807) is 0 Å². The molecule has 0 aromatic heterocycles. The molecule has 0 aliphatic heterocycles. The lowest BCUT2D eigenvalue weighted by Gasteiger charge is -2.31. The monoisotopic (exact) mass is 209 g/mol. The van der Waals surface area contributed by atoms with Gasteiger partial charge in [0.05, 0.1) is 0 Å². The summed E-state index contributed by atoms with van der Waals surface area (Å²) in [7, 11) is 0. The lowest BCUT2D eigenvalue weighted by atomic mass is 9.87. The Morgan fingerprint density at radius 3 is 2.67 bits per heavy atom. The minimum Gasteiger partial charge on any atom is -0.478 e. The maximum atomic E-state index is 11.3. The minimum atomic E-state index is -1.11. The molecular weight excluding hydrogens is 194 g/mol. The molecule has 0 radical (unpaired) electrons. The lowest BCUT2D eigenvalue weighted by Crippen LogP contribution is -2.45. The second-order valence-corrected chi connectivity index (χ2v) is 3.94. The van der Waals surface area contributed by atoms with Gasteiger partial charge in [-0.05, 0) is 26.2 Å². The van der Waals surface area contributed by atoms with Gasteiger partial charge in [-0.1, -0.05) is 12.2 Å². The van der Waals surface area contributed by atoms with Crippen molar-refractivity contribution in [2.45, 2.75) is 31.7 Å². The van der Waals surface area contributed by atoms with Crippen molar-refractivity contribution in [2.75, 3.05) is 0 Å². The highest BCUT2D eigenvalue weighted by Crippen LogP contribution is 2.22. The number of carbonyl (C=O) groups excluding carboxylic acids is 1. The summed E-state index contributed by atoms with van der Waals surface area (Å²) in [6.07, 6.45) is 8.63. The highest BCUT2D eigenvalue weighted by molar-refractivity contribution is 5.94.